The number of rotatable bonds is 3. The van der Waals surface area contributed by atoms with Gasteiger partial charge in [0, 0.05) is 0 Å². The summed E-state index contributed by atoms with van der Waals surface area (Å²) in [6.07, 6.45) is 0.579. The van der Waals surface area contributed by atoms with Crippen molar-refractivity contribution >= 4 is 24.2 Å². The fraction of sp³-hybridized carbons (Fsp3) is 0.185. The van der Waals surface area contributed by atoms with Gasteiger partial charge in [-0.1, -0.05) is 77.4 Å². The molecule has 0 amide bonds. The van der Waals surface area contributed by atoms with Gasteiger partial charge in [-0.2, -0.15) is 0 Å². The van der Waals surface area contributed by atoms with E-state index in [1.54, 1.807) is 0 Å². The maximum absolute atomic E-state index is 9.99. The molecule has 31 heavy (non-hydrogen) atoms. The second kappa shape index (κ2) is 13.7. The van der Waals surface area contributed by atoms with Gasteiger partial charge in [0.25, 0.3) is 0 Å². The quantitative estimate of drug-likeness (QED) is 0.293. The Morgan fingerprint density at radius 1 is 0.774 bits per heavy atom. The van der Waals surface area contributed by atoms with Crippen LogP contribution >= 0.6 is 18.6 Å². The summed E-state index contributed by atoms with van der Waals surface area (Å²) in [6.45, 7) is 6.64. The molecule has 1 N–H and O–H groups in total. The molecule has 0 saturated heterocycles. The number of halogens is 2. The normalized spacial score (nSPS) is 12.7. The topological polar surface area (TPSA) is 20.2 Å². The molecule has 0 aliphatic heterocycles. The molecule has 3 aromatic rings. The van der Waals surface area contributed by atoms with Gasteiger partial charge in [0.2, 0.25) is 0 Å². The zero-order valence-corrected chi connectivity index (χ0v) is 21.1. The van der Waals surface area contributed by atoms with Crippen LogP contribution in [-0.4, -0.2) is 5.11 Å². The van der Waals surface area contributed by atoms with Crippen molar-refractivity contribution in [1.82, 2.24) is 0 Å². The zero-order chi connectivity index (χ0) is 22.6. The summed E-state index contributed by atoms with van der Waals surface area (Å²) in [5, 5.41) is 9.99. The number of aliphatic hydroxyl groups excluding tert-OH is 1. The first-order valence-corrected chi connectivity index (χ1v) is 14.4. The van der Waals surface area contributed by atoms with Gasteiger partial charge in [-0.05, 0) is 38.3 Å². The first kappa shape index (κ1) is 25.7. The van der Waals surface area contributed by atoms with E-state index >= 15 is 0 Å². The molecule has 0 radical (unpaired) electrons. The first-order chi connectivity index (χ1) is 15.0. The van der Waals surface area contributed by atoms with Gasteiger partial charge in [-0.15, -0.1) is 41.5 Å². The molecule has 4 rings (SSSR count). The van der Waals surface area contributed by atoms with E-state index in [4.69, 9.17) is 18.6 Å². The first-order valence-electron chi connectivity index (χ1n) is 10.1. The van der Waals surface area contributed by atoms with Crippen LogP contribution in [0.1, 0.15) is 50.0 Å². The summed E-state index contributed by atoms with van der Waals surface area (Å²) in [7, 11) is 9.78. The summed E-state index contributed by atoms with van der Waals surface area (Å²) < 4.78 is 0. The molecule has 1 aliphatic rings. The molecule has 0 heterocycles. The second-order valence-electron chi connectivity index (χ2n) is 7.26. The second-order valence-corrected chi connectivity index (χ2v) is 9.84. The van der Waals surface area contributed by atoms with E-state index in [-0.39, 0.29) is 0 Å². The maximum atomic E-state index is 9.99. The fourth-order valence-electron chi connectivity index (χ4n) is 3.42. The van der Waals surface area contributed by atoms with E-state index in [0.717, 1.165) is 17.5 Å². The number of hydrogen-bond donors (Lipinski definition) is 1. The molecule has 0 unspecified atom stereocenters. The Morgan fingerprint density at radius 2 is 1.26 bits per heavy atom. The van der Waals surface area contributed by atoms with Crippen molar-refractivity contribution in [1.29, 1.82) is 0 Å². The average Bonchev–Trinajstić information content (AvgIpc) is 3.08. The predicted octanol–water partition coefficient (Wildman–Crippen LogP) is 8.15. The van der Waals surface area contributed by atoms with Crippen LogP contribution in [0.15, 0.2) is 102 Å². The molecule has 4 heteroatoms. The van der Waals surface area contributed by atoms with Crippen molar-refractivity contribution in [2.45, 2.75) is 33.3 Å². The van der Waals surface area contributed by atoms with E-state index < -0.39 is 23.1 Å². The summed E-state index contributed by atoms with van der Waals surface area (Å²) in [4.78, 5) is 0. The Morgan fingerprint density at radius 3 is 1.65 bits per heavy atom. The van der Waals surface area contributed by atoms with Gasteiger partial charge >= 0.3 is 35.6 Å². The molecular weight excluding hydrogens is 459 g/mol. The number of benzene rings is 3. The third kappa shape index (κ3) is 7.79. The Balaban J connectivity index is 0.000000196. The van der Waals surface area contributed by atoms with E-state index in [0.29, 0.717) is 0 Å². The van der Waals surface area contributed by atoms with Crippen molar-refractivity contribution in [2.75, 3.05) is 0 Å². The van der Waals surface area contributed by atoms with Crippen molar-refractivity contribution < 1.29 is 22.1 Å². The SMILES string of the molecule is CC1=C(C)C(C)=C(c2[c-]cccc2)C1.OC(c1ccccc1)c1ccccc1.[Cl][Ti][Cl]. The summed E-state index contributed by atoms with van der Waals surface area (Å²) in [6, 6.07) is 30.9. The summed E-state index contributed by atoms with van der Waals surface area (Å²) >= 11 is -0.556. The molecule has 1 aliphatic carbocycles. The molecule has 0 atom stereocenters. The van der Waals surface area contributed by atoms with Crippen LogP contribution in [0.25, 0.3) is 5.57 Å². The Labute approximate surface area is 203 Å². The summed E-state index contributed by atoms with van der Waals surface area (Å²) in [5.74, 6) is 0. The standard InChI is InChI=1S/C14H15.C13H12O.2ClH.Ti/c1-10-9-14(12(3)11(10)2)13-7-5-4-6-8-13;14-13(11-7-3-1-4-8-11)12-9-5-2-6-10-12;;;/h4-7H,9H2,1-3H3;1-10,13-14H;2*1H;/q-1;;;;+2/p-2. The molecule has 0 spiro atoms. The van der Waals surface area contributed by atoms with Crippen LogP contribution < -0.4 is 0 Å². The van der Waals surface area contributed by atoms with Crippen molar-refractivity contribution in [3.05, 3.63) is 124 Å². The molecular formula is C27H27Cl2OTi-. The fourth-order valence-corrected chi connectivity index (χ4v) is 3.42. The number of hydrogen-bond acceptors (Lipinski definition) is 1. The number of aliphatic hydroxyl groups is 1. The van der Waals surface area contributed by atoms with Crippen molar-refractivity contribution in [3.8, 4) is 0 Å². The van der Waals surface area contributed by atoms with E-state index in [1.807, 2.05) is 72.8 Å². The van der Waals surface area contributed by atoms with Crippen LogP contribution in [0.4, 0.5) is 0 Å². The van der Waals surface area contributed by atoms with Gasteiger partial charge in [0.15, 0.2) is 0 Å². The molecule has 3 aromatic carbocycles. The van der Waals surface area contributed by atoms with Gasteiger partial charge < -0.3 is 5.11 Å². The molecule has 0 fully saturated rings. The van der Waals surface area contributed by atoms with Gasteiger partial charge in [-0.25, -0.2) is 0 Å². The minimum atomic E-state index is -0.556. The van der Waals surface area contributed by atoms with Crippen molar-refractivity contribution in [3.63, 3.8) is 0 Å². The predicted molar refractivity (Wildman–Crippen MR) is 130 cm³/mol. The van der Waals surface area contributed by atoms with Crippen LogP contribution in [0.2, 0.25) is 0 Å². The Kier molecular flexibility index (Phi) is 11.4. The zero-order valence-electron chi connectivity index (χ0n) is 18.1. The third-order valence-electron chi connectivity index (χ3n) is 5.36. The van der Waals surface area contributed by atoms with E-state index in [1.165, 1.54) is 27.9 Å². The van der Waals surface area contributed by atoms with Crippen LogP contribution in [0.3, 0.4) is 0 Å². The van der Waals surface area contributed by atoms with Gasteiger partial charge in [0.1, 0.15) is 6.10 Å². The van der Waals surface area contributed by atoms with Gasteiger partial charge in [0.05, 0.1) is 0 Å². The van der Waals surface area contributed by atoms with Crippen molar-refractivity contribution in [2.24, 2.45) is 0 Å². The van der Waals surface area contributed by atoms with Crippen LogP contribution in [0, 0.1) is 6.07 Å². The van der Waals surface area contributed by atoms with Crippen LogP contribution in [-0.2, 0) is 17.0 Å². The molecule has 0 bridgehead atoms. The minimum absolute atomic E-state index is 0.516. The van der Waals surface area contributed by atoms with E-state index in [9.17, 15) is 5.11 Å². The monoisotopic (exact) mass is 485 g/mol. The third-order valence-corrected chi connectivity index (χ3v) is 5.36. The molecule has 1 nitrogen and oxygen atoms in total. The number of allylic oxidation sites excluding steroid dienone is 4. The summed E-state index contributed by atoms with van der Waals surface area (Å²) in [5.41, 5.74) is 8.94. The van der Waals surface area contributed by atoms with Gasteiger partial charge in [-0.3, -0.25) is 0 Å². The molecule has 160 valence electrons. The molecule has 0 saturated carbocycles. The Bertz CT molecular complexity index is 944. The molecule has 0 aromatic heterocycles. The Hall–Kier alpha value is -1.61. The van der Waals surface area contributed by atoms with Crippen LogP contribution in [0.5, 0.6) is 0 Å². The average molecular weight is 486 g/mol. The van der Waals surface area contributed by atoms with E-state index in [2.05, 4.69) is 39.0 Å².